The molecule has 0 saturated heterocycles. The van der Waals surface area contributed by atoms with Crippen molar-refractivity contribution in [3.8, 4) is 17.0 Å². The van der Waals surface area contributed by atoms with E-state index in [1.165, 1.54) is 0 Å². The number of carbonyl (C=O) groups is 1. The number of aromatic amines is 1. The molecule has 0 spiro atoms. The van der Waals surface area contributed by atoms with Crippen LogP contribution in [0.3, 0.4) is 0 Å². The lowest BCUT2D eigenvalue weighted by Gasteiger charge is -2.07. The van der Waals surface area contributed by atoms with Crippen LogP contribution >= 0.6 is 11.6 Å². The Morgan fingerprint density at radius 2 is 1.75 bits per heavy atom. The predicted molar refractivity (Wildman–Crippen MR) is 126 cm³/mol. The van der Waals surface area contributed by atoms with E-state index in [4.69, 9.17) is 16.3 Å². The van der Waals surface area contributed by atoms with Gasteiger partial charge in [0.25, 0.3) is 5.91 Å². The fraction of sp³-hybridized carbons (Fsp3) is 0.0800. The summed E-state index contributed by atoms with van der Waals surface area (Å²) in [6.45, 7) is 2.29. The van der Waals surface area contributed by atoms with Crippen LogP contribution in [0.2, 0.25) is 5.02 Å². The van der Waals surface area contributed by atoms with Gasteiger partial charge in [-0.1, -0.05) is 54.1 Å². The highest BCUT2D eigenvalue weighted by atomic mass is 35.5. The van der Waals surface area contributed by atoms with Gasteiger partial charge in [-0.05, 0) is 60.5 Å². The molecule has 32 heavy (non-hydrogen) atoms. The van der Waals surface area contributed by atoms with Crippen LogP contribution in [0.25, 0.3) is 11.3 Å². The Kier molecular flexibility index (Phi) is 6.63. The number of ether oxygens (including phenoxy) is 1. The molecule has 0 radical (unpaired) electrons. The topological polar surface area (TPSA) is 79.4 Å². The summed E-state index contributed by atoms with van der Waals surface area (Å²) in [5, 5.41) is 11.9. The molecular weight excluding hydrogens is 424 g/mol. The van der Waals surface area contributed by atoms with Gasteiger partial charge in [0.15, 0.2) is 0 Å². The minimum absolute atomic E-state index is 0.327. The molecule has 0 unspecified atom stereocenters. The van der Waals surface area contributed by atoms with Crippen molar-refractivity contribution in [1.29, 1.82) is 0 Å². The first kappa shape index (κ1) is 21.3. The molecule has 6 nitrogen and oxygen atoms in total. The van der Waals surface area contributed by atoms with Crippen molar-refractivity contribution in [3.63, 3.8) is 0 Å². The Bertz CT molecular complexity index is 1220. The summed E-state index contributed by atoms with van der Waals surface area (Å²) < 4.78 is 5.81. The van der Waals surface area contributed by atoms with Crippen molar-refractivity contribution in [2.75, 3.05) is 0 Å². The van der Waals surface area contributed by atoms with Gasteiger partial charge < -0.3 is 4.74 Å². The van der Waals surface area contributed by atoms with Gasteiger partial charge >= 0.3 is 0 Å². The van der Waals surface area contributed by atoms with Gasteiger partial charge in [0.05, 0.1) is 11.4 Å². The second kappa shape index (κ2) is 9.94. The summed E-state index contributed by atoms with van der Waals surface area (Å²) in [7, 11) is 0. The number of aromatic nitrogens is 2. The Morgan fingerprint density at radius 1 is 1.03 bits per heavy atom. The van der Waals surface area contributed by atoms with Gasteiger partial charge in [-0.25, -0.2) is 5.43 Å². The molecule has 4 aromatic rings. The summed E-state index contributed by atoms with van der Waals surface area (Å²) in [6, 6.07) is 26.4. The van der Waals surface area contributed by atoms with E-state index in [1.54, 1.807) is 6.07 Å². The van der Waals surface area contributed by atoms with E-state index in [0.717, 1.165) is 22.4 Å². The van der Waals surface area contributed by atoms with Crippen molar-refractivity contribution < 1.29 is 9.53 Å². The Morgan fingerprint density at radius 3 is 2.47 bits per heavy atom. The molecule has 0 saturated carbocycles. The SMILES string of the molecule is C/C(=N\NC(=O)c1cc(-c2ccc(OCc3ccc(Cl)cc3)cc2)n[nH]1)c1ccccc1. The molecule has 160 valence electrons. The minimum atomic E-state index is -0.359. The molecule has 0 atom stereocenters. The molecule has 0 aliphatic heterocycles. The summed E-state index contributed by atoms with van der Waals surface area (Å²) in [6.07, 6.45) is 0. The number of amides is 1. The smallest absolute Gasteiger partial charge is 0.289 e. The van der Waals surface area contributed by atoms with Crippen molar-refractivity contribution >= 4 is 23.2 Å². The molecular formula is C25H21ClN4O2. The molecule has 2 N–H and O–H groups in total. The Balaban J connectivity index is 1.36. The molecule has 0 fully saturated rings. The maximum absolute atomic E-state index is 12.4. The van der Waals surface area contributed by atoms with Gasteiger partial charge in [0.2, 0.25) is 0 Å². The fourth-order valence-electron chi connectivity index (χ4n) is 2.99. The van der Waals surface area contributed by atoms with E-state index in [-0.39, 0.29) is 5.91 Å². The van der Waals surface area contributed by atoms with Gasteiger partial charge in [-0.2, -0.15) is 10.2 Å². The highest BCUT2D eigenvalue weighted by molar-refractivity contribution is 6.30. The quantitative estimate of drug-likeness (QED) is 0.293. The molecule has 7 heteroatoms. The van der Waals surface area contributed by atoms with E-state index in [9.17, 15) is 4.79 Å². The summed E-state index contributed by atoms with van der Waals surface area (Å²) >= 11 is 5.90. The fourth-order valence-corrected chi connectivity index (χ4v) is 3.12. The third-order valence-electron chi connectivity index (χ3n) is 4.81. The van der Waals surface area contributed by atoms with E-state index in [1.807, 2.05) is 85.8 Å². The van der Waals surface area contributed by atoms with Crippen LogP contribution in [0.4, 0.5) is 0 Å². The minimum Gasteiger partial charge on any atom is -0.489 e. The van der Waals surface area contributed by atoms with Crippen LogP contribution in [-0.4, -0.2) is 21.8 Å². The van der Waals surface area contributed by atoms with E-state index >= 15 is 0 Å². The summed E-state index contributed by atoms with van der Waals surface area (Å²) in [5.41, 5.74) is 7.09. The molecule has 0 aliphatic carbocycles. The third kappa shape index (κ3) is 5.42. The lowest BCUT2D eigenvalue weighted by Crippen LogP contribution is -2.19. The number of nitrogens with zero attached hydrogens (tertiary/aromatic N) is 2. The average Bonchev–Trinajstić information content (AvgIpc) is 3.33. The highest BCUT2D eigenvalue weighted by Crippen LogP contribution is 2.22. The zero-order valence-electron chi connectivity index (χ0n) is 17.4. The maximum atomic E-state index is 12.4. The maximum Gasteiger partial charge on any atom is 0.289 e. The monoisotopic (exact) mass is 444 g/mol. The zero-order valence-corrected chi connectivity index (χ0v) is 18.1. The normalized spacial score (nSPS) is 11.2. The lowest BCUT2D eigenvalue weighted by atomic mass is 10.1. The number of benzene rings is 3. The first-order valence-corrected chi connectivity index (χ1v) is 10.4. The number of halogens is 1. The van der Waals surface area contributed by atoms with Gasteiger partial charge in [0, 0.05) is 10.6 Å². The number of rotatable bonds is 7. The molecule has 1 heterocycles. The van der Waals surface area contributed by atoms with Crippen LogP contribution in [0.1, 0.15) is 28.5 Å². The second-order valence-corrected chi connectivity index (χ2v) is 7.55. The molecule has 4 rings (SSSR count). The van der Waals surface area contributed by atoms with E-state index < -0.39 is 0 Å². The molecule has 1 aromatic heterocycles. The van der Waals surface area contributed by atoms with Crippen LogP contribution in [0.15, 0.2) is 90.0 Å². The largest absolute Gasteiger partial charge is 0.489 e. The van der Waals surface area contributed by atoms with Gasteiger partial charge in [0.1, 0.15) is 18.1 Å². The van der Waals surface area contributed by atoms with Crippen LogP contribution < -0.4 is 10.2 Å². The molecule has 1 amide bonds. The predicted octanol–water partition coefficient (Wildman–Crippen LogP) is 5.46. The number of H-pyrrole nitrogens is 1. The lowest BCUT2D eigenvalue weighted by molar-refractivity contribution is 0.0950. The van der Waals surface area contributed by atoms with Crippen LogP contribution in [0, 0.1) is 0 Å². The second-order valence-electron chi connectivity index (χ2n) is 7.11. The molecule has 0 aliphatic rings. The zero-order chi connectivity index (χ0) is 22.3. The van der Waals surface area contributed by atoms with Crippen molar-refractivity contribution in [2.45, 2.75) is 13.5 Å². The first-order chi connectivity index (χ1) is 15.6. The number of nitrogens with one attached hydrogen (secondary N) is 2. The number of carbonyl (C=O) groups excluding carboxylic acids is 1. The number of hydrogen-bond donors (Lipinski definition) is 2. The Hall–Kier alpha value is -3.90. The number of hydrazone groups is 1. The van der Waals surface area contributed by atoms with Crippen molar-refractivity contribution in [1.82, 2.24) is 15.6 Å². The van der Waals surface area contributed by atoms with Gasteiger partial charge in [-0.3, -0.25) is 9.89 Å². The summed E-state index contributed by atoms with van der Waals surface area (Å²) in [5.74, 6) is 0.380. The van der Waals surface area contributed by atoms with Crippen LogP contribution in [-0.2, 0) is 6.61 Å². The Labute approximate surface area is 190 Å². The van der Waals surface area contributed by atoms with E-state index in [2.05, 4.69) is 20.7 Å². The van der Waals surface area contributed by atoms with Crippen molar-refractivity contribution in [3.05, 3.63) is 107 Å². The summed E-state index contributed by atoms with van der Waals surface area (Å²) in [4.78, 5) is 12.4. The van der Waals surface area contributed by atoms with Gasteiger partial charge in [-0.15, -0.1) is 0 Å². The van der Waals surface area contributed by atoms with E-state index in [0.29, 0.717) is 28.7 Å². The first-order valence-electron chi connectivity index (χ1n) is 10.0. The highest BCUT2D eigenvalue weighted by Gasteiger charge is 2.11. The van der Waals surface area contributed by atoms with Crippen LogP contribution in [0.5, 0.6) is 5.75 Å². The third-order valence-corrected chi connectivity index (χ3v) is 5.06. The average molecular weight is 445 g/mol. The molecule has 3 aromatic carbocycles. The van der Waals surface area contributed by atoms with Crippen molar-refractivity contribution in [2.24, 2.45) is 5.10 Å². The standard InChI is InChI=1S/C25H21ClN4O2/c1-17(19-5-3-2-4-6-19)27-30-25(31)24-15-23(28-29-24)20-9-13-22(14-10-20)32-16-18-7-11-21(26)12-8-18/h2-15H,16H2,1H3,(H,28,29)(H,30,31)/b27-17+. The molecule has 0 bridgehead atoms. The number of hydrogen-bond acceptors (Lipinski definition) is 4.